The van der Waals surface area contributed by atoms with Crippen LogP contribution in [0.25, 0.3) is 11.4 Å². The van der Waals surface area contributed by atoms with Gasteiger partial charge in [0.05, 0.1) is 6.61 Å². The fourth-order valence-corrected chi connectivity index (χ4v) is 1.98. The molecule has 0 atom stereocenters. The first-order valence-electron chi connectivity index (χ1n) is 7.45. The summed E-state index contributed by atoms with van der Waals surface area (Å²) < 4.78 is 10.8. The molecule has 21 heavy (non-hydrogen) atoms. The van der Waals surface area contributed by atoms with Crippen LogP contribution in [0.4, 0.5) is 0 Å². The Morgan fingerprint density at radius 2 is 1.67 bits per heavy atom. The molecular formula is C17H22N2O2. The SMILES string of the molecule is CCCc1cnc(-c2ccc(OCCOCC)cc2)nc1. The van der Waals surface area contributed by atoms with Crippen molar-refractivity contribution in [3.05, 3.63) is 42.2 Å². The molecule has 0 aliphatic heterocycles. The molecule has 0 saturated heterocycles. The van der Waals surface area contributed by atoms with Crippen molar-refractivity contribution < 1.29 is 9.47 Å². The van der Waals surface area contributed by atoms with Gasteiger partial charge in [-0.05, 0) is 43.2 Å². The fraction of sp³-hybridized carbons (Fsp3) is 0.412. The van der Waals surface area contributed by atoms with E-state index in [0.29, 0.717) is 19.8 Å². The van der Waals surface area contributed by atoms with Crippen LogP contribution in [0.2, 0.25) is 0 Å². The van der Waals surface area contributed by atoms with Crippen LogP contribution in [0.1, 0.15) is 25.8 Å². The highest BCUT2D eigenvalue weighted by molar-refractivity contribution is 5.55. The van der Waals surface area contributed by atoms with Gasteiger partial charge in [-0.3, -0.25) is 0 Å². The third-order valence-electron chi connectivity index (χ3n) is 3.06. The summed E-state index contributed by atoms with van der Waals surface area (Å²) in [5, 5.41) is 0. The number of rotatable bonds is 8. The molecule has 0 aliphatic carbocycles. The minimum Gasteiger partial charge on any atom is -0.491 e. The maximum atomic E-state index is 5.58. The summed E-state index contributed by atoms with van der Waals surface area (Å²) in [4.78, 5) is 8.82. The Hall–Kier alpha value is -1.94. The second-order valence-corrected chi connectivity index (χ2v) is 4.73. The van der Waals surface area contributed by atoms with E-state index >= 15 is 0 Å². The number of benzene rings is 1. The smallest absolute Gasteiger partial charge is 0.159 e. The van der Waals surface area contributed by atoms with E-state index in [1.807, 2.05) is 43.6 Å². The second-order valence-electron chi connectivity index (χ2n) is 4.73. The number of hydrogen-bond donors (Lipinski definition) is 0. The number of aryl methyl sites for hydroxylation is 1. The van der Waals surface area contributed by atoms with E-state index in [-0.39, 0.29) is 0 Å². The van der Waals surface area contributed by atoms with E-state index in [4.69, 9.17) is 9.47 Å². The normalized spacial score (nSPS) is 10.6. The van der Waals surface area contributed by atoms with Crippen LogP contribution < -0.4 is 4.74 Å². The molecule has 0 bridgehead atoms. The fourth-order valence-electron chi connectivity index (χ4n) is 1.98. The zero-order valence-electron chi connectivity index (χ0n) is 12.7. The van der Waals surface area contributed by atoms with Crippen LogP contribution in [0.3, 0.4) is 0 Å². The molecule has 112 valence electrons. The molecule has 1 aromatic carbocycles. The first-order chi connectivity index (χ1) is 10.3. The van der Waals surface area contributed by atoms with Gasteiger partial charge in [-0.1, -0.05) is 13.3 Å². The van der Waals surface area contributed by atoms with Gasteiger partial charge in [0.25, 0.3) is 0 Å². The van der Waals surface area contributed by atoms with E-state index in [1.54, 1.807) is 0 Å². The zero-order valence-corrected chi connectivity index (χ0v) is 12.7. The van der Waals surface area contributed by atoms with Crippen LogP contribution in [0.15, 0.2) is 36.7 Å². The summed E-state index contributed by atoms with van der Waals surface area (Å²) in [6, 6.07) is 7.82. The Bertz CT molecular complexity index is 523. The average molecular weight is 286 g/mol. The predicted molar refractivity (Wildman–Crippen MR) is 83.5 cm³/mol. The quantitative estimate of drug-likeness (QED) is 0.697. The molecule has 1 aromatic heterocycles. The molecule has 4 heteroatoms. The lowest BCUT2D eigenvalue weighted by Gasteiger charge is -2.07. The number of ether oxygens (including phenoxy) is 2. The van der Waals surface area contributed by atoms with E-state index in [0.717, 1.165) is 30.0 Å². The Labute approximate surface area is 126 Å². The van der Waals surface area contributed by atoms with Gasteiger partial charge in [-0.15, -0.1) is 0 Å². The summed E-state index contributed by atoms with van der Waals surface area (Å²) in [5.41, 5.74) is 2.17. The van der Waals surface area contributed by atoms with Crippen molar-refractivity contribution in [3.63, 3.8) is 0 Å². The molecular weight excluding hydrogens is 264 g/mol. The summed E-state index contributed by atoms with van der Waals surface area (Å²) in [7, 11) is 0. The molecule has 0 saturated carbocycles. The van der Waals surface area contributed by atoms with Crippen LogP contribution in [0, 0.1) is 0 Å². The Morgan fingerprint density at radius 3 is 2.29 bits per heavy atom. The second kappa shape index (κ2) is 8.37. The van der Waals surface area contributed by atoms with Gasteiger partial charge < -0.3 is 9.47 Å². The monoisotopic (exact) mass is 286 g/mol. The maximum absolute atomic E-state index is 5.58. The predicted octanol–water partition coefficient (Wildman–Crippen LogP) is 3.51. The standard InChI is InChI=1S/C17H22N2O2/c1-3-5-14-12-18-17(19-13-14)15-6-8-16(9-7-15)21-11-10-20-4-2/h6-9,12-13H,3-5,10-11H2,1-2H3. The van der Waals surface area contributed by atoms with E-state index < -0.39 is 0 Å². The van der Waals surface area contributed by atoms with E-state index in [2.05, 4.69) is 16.9 Å². The Kier molecular flexibility index (Phi) is 6.16. The molecule has 0 fully saturated rings. The highest BCUT2D eigenvalue weighted by Crippen LogP contribution is 2.19. The summed E-state index contributed by atoms with van der Waals surface area (Å²) in [6.45, 7) is 6.02. The topological polar surface area (TPSA) is 44.2 Å². The zero-order chi connectivity index (χ0) is 14.9. The Morgan fingerprint density at radius 1 is 0.952 bits per heavy atom. The number of hydrogen-bond acceptors (Lipinski definition) is 4. The van der Waals surface area contributed by atoms with Crippen molar-refractivity contribution in [2.24, 2.45) is 0 Å². The minimum absolute atomic E-state index is 0.565. The molecule has 0 N–H and O–H groups in total. The lowest BCUT2D eigenvalue weighted by atomic mass is 10.2. The molecule has 0 unspecified atom stereocenters. The third kappa shape index (κ3) is 4.83. The van der Waals surface area contributed by atoms with Crippen molar-refractivity contribution >= 4 is 0 Å². The van der Waals surface area contributed by atoms with Gasteiger partial charge in [0.15, 0.2) is 5.82 Å². The average Bonchev–Trinajstić information content (AvgIpc) is 2.53. The molecule has 4 nitrogen and oxygen atoms in total. The lowest BCUT2D eigenvalue weighted by Crippen LogP contribution is -2.06. The van der Waals surface area contributed by atoms with Gasteiger partial charge in [0.2, 0.25) is 0 Å². The highest BCUT2D eigenvalue weighted by Gasteiger charge is 2.02. The van der Waals surface area contributed by atoms with Gasteiger partial charge in [0, 0.05) is 24.6 Å². The summed E-state index contributed by atoms with van der Waals surface area (Å²) in [6.07, 6.45) is 5.93. The minimum atomic E-state index is 0.565. The lowest BCUT2D eigenvalue weighted by molar-refractivity contribution is 0.110. The van der Waals surface area contributed by atoms with E-state index in [1.165, 1.54) is 5.56 Å². The van der Waals surface area contributed by atoms with Gasteiger partial charge >= 0.3 is 0 Å². The van der Waals surface area contributed by atoms with Crippen molar-refractivity contribution in [2.75, 3.05) is 19.8 Å². The molecule has 0 aliphatic rings. The summed E-state index contributed by atoms with van der Waals surface area (Å²) >= 11 is 0. The molecule has 2 rings (SSSR count). The van der Waals surface area contributed by atoms with Crippen LogP contribution in [0.5, 0.6) is 5.75 Å². The van der Waals surface area contributed by atoms with Crippen molar-refractivity contribution in [1.29, 1.82) is 0 Å². The van der Waals surface area contributed by atoms with Crippen molar-refractivity contribution in [2.45, 2.75) is 26.7 Å². The van der Waals surface area contributed by atoms with E-state index in [9.17, 15) is 0 Å². The van der Waals surface area contributed by atoms with Crippen LogP contribution in [-0.4, -0.2) is 29.8 Å². The van der Waals surface area contributed by atoms with Crippen LogP contribution >= 0.6 is 0 Å². The molecule has 0 radical (unpaired) electrons. The van der Waals surface area contributed by atoms with Gasteiger partial charge in [-0.25, -0.2) is 9.97 Å². The number of nitrogens with zero attached hydrogens (tertiary/aromatic N) is 2. The van der Waals surface area contributed by atoms with Crippen molar-refractivity contribution in [1.82, 2.24) is 9.97 Å². The third-order valence-corrected chi connectivity index (χ3v) is 3.06. The van der Waals surface area contributed by atoms with Crippen LogP contribution in [-0.2, 0) is 11.2 Å². The molecule has 0 spiro atoms. The molecule has 0 amide bonds. The molecule has 1 heterocycles. The largest absolute Gasteiger partial charge is 0.491 e. The maximum Gasteiger partial charge on any atom is 0.159 e. The highest BCUT2D eigenvalue weighted by atomic mass is 16.5. The number of aromatic nitrogens is 2. The summed E-state index contributed by atoms with van der Waals surface area (Å²) in [5.74, 6) is 1.58. The first-order valence-corrected chi connectivity index (χ1v) is 7.45. The molecule has 2 aromatic rings. The van der Waals surface area contributed by atoms with Gasteiger partial charge in [-0.2, -0.15) is 0 Å². The first kappa shape index (κ1) is 15.4. The van der Waals surface area contributed by atoms with Gasteiger partial charge in [0.1, 0.15) is 12.4 Å². The van der Waals surface area contributed by atoms with Crippen molar-refractivity contribution in [3.8, 4) is 17.1 Å². The Balaban J connectivity index is 1.94.